The third kappa shape index (κ3) is 3.38. The van der Waals surface area contributed by atoms with E-state index >= 15 is 0 Å². The molecule has 15 heavy (non-hydrogen) atoms. The van der Waals surface area contributed by atoms with E-state index in [1.165, 1.54) is 0 Å². The van der Waals surface area contributed by atoms with E-state index < -0.39 is 0 Å². The van der Waals surface area contributed by atoms with E-state index in [9.17, 15) is 4.79 Å². The van der Waals surface area contributed by atoms with Crippen LogP contribution < -0.4 is 0 Å². The summed E-state index contributed by atoms with van der Waals surface area (Å²) in [5.74, 6) is 0.237. The summed E-state index contributed by atoms with van der Waals surface area (Å²) in [5, 5.41) is 0.566. The summed E-state index contributed by atoms with van der Waals surface area (Å²) >= 11 is 1.79. The second-order valence-electron chi connectivity index (χ2n) is 3.61. The van der Waals surface area contributed by atoms with Crippen molar-refractivity contribution in [2.24, 2.45) is 0 Å². The fourth-order valence-electron chi connectivity index (χ4n) is 1.29. The molecule has 2 heteroatoms. The molecule has 0 heterocycles. The normalized spacial score (nSPS) is 12.5. The maximum absolute atomic E-state index is 11.7. The van der Waals surface area contributed by atoms with Gasteiger partial charge in [-0.15, -0.1) is 11.8 Å². The predicted octanol–water partition coefficient (Wildman–Crippen LogP) is 4.17. The van der Waals surface area contributed by atoms with Gasteiger partial charge in [-0.3, -0.25) is 4.79 Å². The average Bonchev–Trinajstić information content (AvgIpc) is 2.28. The van der Waals surface area contributed by atoms with Crippen molar-refractivity contribution in [1.29, 1.82) is 0 Å². The Hall–Kier alpha value is -0.760. The topological polar surface area (TPSA) is 17.1 Å². The number of hydrogen-bond acceptors (Lipinski definition) is 2. The van der Waals surface area contributed by atoms with Crippen LogP contribution in [0, 0.1) is 0 Å². The van der Waals surface area contributed by atoms with Crippen molar-refractivity contribution < 1.29 is 4.79 Å². The molecule has 0 aromatic heterocycles. The highest BCUT2D eigenvalue weighted by atomic mass is 32.2. The van der Waals surface area contributed by atoms with Crippen LogP contribution in [0.5, 0.6) is 0 Å². The first kappa shape index (κ1) is 12.3. The Kier molecular flexibility index (Phi) is 4.89. The first-order valence-electron chi connectivity index (χ1n) is 5.47. The molecule has 0 aliphatic carbocycles. The highest BCUT2D eigenvalue weighted by Gasteiger charge is 2.11. The van der Waals surface area contributed by atoms with Crippen molar-refractivity contribution in [1.82, 2.24) is 0 Å². The van der Waals surface area contributed by atoms with Crippen molar-refractivity contribution in [2.45, 2.75) is 43.8 Å². The summed E-state index contributed by atoms with van der Waals surface area (Å²) in [7, 11) is 0. The standard InChI is InChI=1S/C13H18OS/c1-4-10(3)15-13-9-7-6-8-11(13)12(14)5-2/h6-10H,4-5H2,1-3H3. The van der Waals surface area contributed by atoms with Crippen LogP contribution in [0.15, 0.2) is 29.2 Å². The van der Waals surface area contributed by atoms with E-state index in [4.69, 9.17) is 0 Å². The first-order chi connectivity index (χ1) is 7.19. The molecule has 0 amide bonds. The number of carbonyl (C=O) groups excluding carboxylic acids is 1. The van der Waals surface area contributed by atoms with Crippen LogP contribution in [-0.2, 0) is 0 Å². The quantitative estimate of drug-likeness (QED) is 0.549. The molecular weight excluding hydrogens is 204 g/mol. The molecule has 1 unspecified atom stereocenters. The molecule has 0 fully saturated rings. The molecule has 0 N–H and O–H groups in total. The van der Waals surface area contributed by atoms with E-state index in [0.29, 0.717) is 11.7 Å². The largest absolute Gasteiger partial charge is 0.294 e. The SMILES string of the molecule is CCC(=O)c1ccccc1SC(C)CC. The molecule has 0 aliphatic heterocycles. The summed E-state index contributed by atoms with van der Waals surface area (Å²) in [6.07, 6.45) is 1.71. The molecule has 1 nitrogen and oxygen atoms in total. The Balaban J connectivity index is 2.91. The predicted molar refractivity (Wildman–Crippen MR) is 66.7 cm³/mol. The van der Waals surface area contributed by atoms with Crippen LogP contribution in [0.2, 0.25) is 0 Å². The molecule has 82 valence electrons. The summed E-state index contributed by atoms with van der Waals surface area (Å²) in [5.41, 5.74) is 0.880. The third-order valence-corrected chi connectivity index (χ3v) is 3.76. The van der Waals surface area contributed by atoms with E-state index in [2.05, 4.69) is 13.8 Å². The van der Waals surface area contributed by atoms with Gasteiger partial charge in [0.15, 0.2) is 5.78 Å². The number of thioether (sulfide) groups is 1. The van der Waals surface area contributed by atoms with Gasteiger partial charge >= 0.3 is 0 Å². The highest BCUT2D eigenvalue weighted by Crippen LogP contribution is 2.28. The van der Waals surface area contributed by atoms with Gasteiger partial charge in [0.1, 0.15) is 0 Å². The lowest BCUT2D eigenvalue weighted by molar-refractivity contribution is 0.0985. The molecule has 1 aromatic rings. The van der Waals surface area contributed by atoms with Crippen molar-refractivity contribution in [3.05, 3.63) is 29.8 Å². The maximum Gasteiger partial charge on any atom is 0.163 e. The summed E-state index contributed by atoms with van der Waals surface area (Å²) in [4.78, 5) is 12.8. The maximum atomic E-state index is 11.7. The molecule has 0 aliphatic rings. The van der Waals surface area contributed by atoms with Gasteiger partial charge in [-0.1, -0.05) is 39.0 Å². The molecule has 0 spiro atoms. The molecular formula is C13H18OS. The average molecular weight is 222 g/mol. The molecule has 1 atom stereocenters. The smallest absolute Gasteiger partial charge is 0.163 e. The van der Waals surface area contributed by atoms with Crippen molar-refractivity contribution in [3.8, 4) is 0 Å². The van der Waals surface area contributed by atoms with Crippen LogP contribution in [0.4, 0.5) is 0 Å². The third-order valence-electron chi connectivity index (χ3n) is 2.41. The van der Waals surface area contributed by atoms with Gasteiger partial charge in [-0.05, 0) is 12.5 Å². The number of rotatable bonds is 5. The van der Waals surface area contributed by atoms with E-state index in [0.717, 1.165) is 16.9 Å². The minimum Gasteiger partial charge on any atom is -0.294 e. The van der Waals surface area contributed by atoms with Crippen molar-refractivity contribution in [2.75, 3.05) is 0 Å². The van der Waals surface area contributed by atoms with Crippen LogP contribution in [0.1, 0.15) is 44.0 Å². The minimum absolute atomic E-state index is 0.237. The molecule has 1 rings (SSSR count). The molecule has 0 radical (unpaired) electrons. The Bertz CT molecular complexity index is 333. The Morgan fingerprint density at radius 3 is 2.60 bits per heavy atom. The lowest BCUT2D eigenvalue weighted by Crippen LogP contribution is -2.01. The molecule has 0 bridgehead atoms. The fraction of sp³-hybridized carbons (Fsp3) is 0.462. The van der Waals surface area contributed by atoms with Crippen LogP contribution in [0.25, 0.3) is 0 Å². The summed E-state index contributed by atoms with van der Waals surface area (Å²) in [6.45, 7) is 6.27. The zero-order valence-electron chi connectivity index (χ0n) is 9.62. The Morgan fingerprint density at radius 1 is 1.33 bits per heavy atom. The van der Waals surface area contributed by atoms with Crippen molar-refractivity contribution >= 4 is 17.5 Å². The molecule has 0 saturated carbocycles. The van der Waals surface area contributed by atoms with E-state index in [1.54, 1.807) is 11.8 Å². The van der Waals surface area contributed by atoms with Gasteiger partial charge in [-0.2, -0.15) is 0 Å². The summed E-state index contributed by atoms with van der Waals surface area (Å²) < 4.78 is 0. The van der Waals surface area contributed by atoms with Gasteiger partial charge < -0.3 is 0 Å². The van der Waals surface area contributed by atoms with Crippen molar-refractivity contribution in [3.63, 3.8) is 0 Å². The number of carbonyl (C=O) groups is 1. The zero-order chi connectivity index (χ0) is 11.3. The molecule has 0 saturated heterocycles. The second kappa shape index (κ2) is 5.96. The lowest BCUT2D eigenvalue weighted by Gasteiger charge is -2.11. The Morgan fingerprint density at radius 2 is 2.00 bits per heavy atom. The van der Waals surface area contributed by atoms with Crippen LogP contribution in [-0.4, -0.2) is 11.0 Å². The van der Waals surface area contributed by atoms with E-state index in [1.807, 2.05) is 31.2 Å². The van der Waals surface area contributed by atoms with Gasteiger partial charge in [-0.25, -0.2) is 0 Å². The number of benzene rings is 1. The van der Waals surface area contributed by atoms with Gasteiger partial charge in [0.2, 0.25) is 0 Å². The first-order valence-corrected chi connectivity index (χ1v) is 6.35. The highest BCUT2D eigenvalue weighted by molar-refractivity contribution is 8.00. The van der Waals surface area contributed by atoms with Gasteiger partial charge in [0.05, 0.1) is 0 Å². The number of ketones is 1. The van der Waals surface area contributed by atoms with Gasteiger partial charge in [0.25, 0.3) is 0 Å². The number of hydrogen-bond donors (Lipinski definition) is 0. The monoisotopic (exact) mass is 222 g/mol. The molecule has 1 aromatic carbocycles. The zero-order valence-corrected chi connectivity index (χ0v) is 10.4. The van der Waals surface area contributed by atoms with Crippen LogP contribution >= 0.6 is 11.8 Å². The minimum atomic E-state index is 0.237. The fourth-order valence-corrected chi connectivity index (χ4v) is 2.36. The number of Topliss-reactive ketones (excluding diaryl/α,β-unsaturated/α-hetero) is 1. The van der Waals surface area contributed by atoms with E-state index in [-0.39, 0.29) is 5.78 Å². The lowest BCUT2D eigenvalue weighted by atomic mass is 10.1. The summed E-state index contributed by atoms with van der Waals surface area (Å²) in [6, 6.07) is 7.90. The van der Waals surface area contributed by atoms with Crippen LogP contribution in [0.3, 0.4) is 0 Å². The van der Waals surface area contributed by atoms with Gasteiger partial charge in [0, 0.05) is 22.1 Å². The Labute approximate surface area is 96.3 Å². The second-order valence-corrected chi connectivity index (χ2v) is 5.09.